The Kier molecular flexibility index (Phi) is 4.11. The smallest absolute Gasteiger partial charge is 0.118 e. The highest BCUT2D eigenvalue weighted by molar-refractivity contribution is 6.09. The van der Waals surface area contributed by atoms with Crippen molar-refractivity contribution in [1.29, 1.82) is 0 Å². The SMILES string of the molecule is Cc1cc(C(C=NC(C)C)=CN)ccc1O. The van der Waals surface area contributed by atoms with Gasteiger partial charge in [-0.15, -0.1) is 0 Å². The molecule has 0 bridgehead atoms. The summed E-state index contributed by atoms with van der Waals surface area (Å²) in [5.41, 5.74) is 8.21. The Labute approximate surface area is 96.3 Å². The first-order valence-corrected chi connectivity index (χ1v) is 5.29. The van der Waals surface area contributed by atoms with E-state index in [2.05, 4.69) is 4.99 Å². The number of aryl methyl sites for hydroxylation is 1. The minimum Gasteiger partial charge on any atom is -0.508 e. The number of allylic oxidation sites excluding steroid dienone is 1. The fourth-order valence-electron chi connectivity index (χ4n) is 1.28. The predicted octanol–water partition coefficient (Wildman–Crippen LogP) is 2.48. The highest BCUT2D eigenvalue weighted by Crippen LogP contribution is 2.21. The Bertz CT molecular complexity index is 420. The van der Waals surface area contributed by atoms with Gasteiger partial charge in [0, 0.05) is 24.0 Å². The maximum Gasteiger partial charge on any atom is 0.118 e. The van der Waals surface area contributed by atoms with Crippen LogP contribution in [0.4, 0.5) is 0 Å². The van der Waals surface area contributed by atoms with Crippen LogP contribution in [0.3, 0.4) is 0 Å². The summed E-state index contributed by atoms with van der Waals surface area (Å²) in [5, 5.41) is 9.43. The van der Waals surface area contributed by atoms with Gasteiger partial charge in [-0.05, 0) is 44.0 Å². The average molecular weight is 218 g/mol. The van der Waals surface area contributed by atoms with Crippen LogP contribution >= 0.6 is 0 Å². The third-order valence-electron chi connectivity index (χ3n) is 2.22. The Hall–Kier alpha value is -1.77. The van der Waals surface area contributed by atoms with Gasteiger partial charge in [-0.25, -0.2) is 0 Å². The number of benzene rings is 1. The molecule has 16 heavy (non-hydrogen) atoms. The van der Waals surface area contributed by atoms with E-state index >= 15 is 0 Å². The van der Waals surface area contributed by atoms with Crippen LogP contribution in [0, 0.1) is 6.92 Å². The summed E-state index contributed by atoms with van der Waals surface area (Å²) in [6.07, 6.45) is 3.29. The zero-order valence-corrected chi connectivity index (χ0v) is 9.94. The standard InChI is InChI=1S/C13H18N2O/c1-9(2)15-8-12(7-14)11-4-5-13(16)10(3)6-11/h4-9,16H,14H2,1-3H3. The zero-order chi connectivity index (χ0) is 12.1. The summed E-state index contributed by atoms with van der Waals surface area (Å²) in [5.74, 6) is 0.293. The summed E-state index contributed by atoms with van der Waals surface area (Å²) >= 11 is 0. The van der Waals surface area contributed by atoms with Gasteiger partial charge in [0.25, 0.3) is 0 Å². The van der Waals surface area contributed by atoms with Gasteiger partial charge < -0.3 is 10.8 Å². The third-order valence-corrected chi connectivity index (χ3v) is 2.22. The second kappa shape index (κ2) is 5.35. The minimum atomic E-state index is 0.244. The Morgan fingerprint density at radius 3 is 2.62 bits per heavy atom. The van der Waals surface area contributed by atoms with Crippen molar-refractivity contribution >= 4 is 11.8 Å². The number of nitrogens with zero attached hydrogens (tertiary/aromatic N) is 1. The van der Waals surface area contributed by atoms with Gasteiger partial charge in [0.15, 0.2) is 0 Å². The molecule has 0 amide bonds. The molecule has 3 N–H and O–H groups in total. The van der Waals surface area contributed by atoms with E-state index in [1.165, 1.54) is 6.20 Å². The lowest BCUT2D eigenvalue weighted by atomic mass is 10.0. The largest absolute Gasteiger partial charge is 0.508 e. The number of phenols is 1. The van der Waals surface area contributed by atoms with Crippen LogP contribution in [0.15, 0.2) is 29.4 Å². The number of hydrogen-bond donors (Lipinski definition) is 2. The van der Waals surface area contributed by atoms with E-state index in [1.54, 1.807) is 12.3 Å². The lowest BCUT2D eigenvalue weighted by Crippen LogP contribution is -1.95. The monoisotopic (exact) mass is 218 g/mol. The second-order valence-corrected chi connectivity index (χ2v) is 4.00. The van der Waals surface area contributed by atoms with Crippen molar-refractivity contribution in [2.75, 3.05) is 0 Å². The van der Waals surface area contributed by atoms with Crippen molar-refractivity contribution in [3.8, 4) is 5.75 Å². The van der Waals surface area contributed by atoms with Crippen LogP contribution in [-0.2, 0) is 0 Å². The second-order valence-electron chi connectivity index (χ2n) is 4.00. The van der Waals surface area contributed by atoms with Crippen LogP contribution in [0.1, 0.15) is 25.0 Å². The highest BCUT2D eigenvalue weighted by atomic mass is 16.3. The quantitative estimate of drug-likeness (QED) is 0.766. The molecular formula is C13H18N2O. The molecule has 1 rings (SSSR count). The van der Waals surface area contributed by atoms with Crippen LogP contribution < -0.4 is 5.73 Å². The third kappa shape index (κ3) is 3.12. The van der Waals surface area contributed by atoms with Gasteiger partial charge in [0.1, 0.15) is 5.75 Å². The molecule has 0 aromatic heterocycles. The minimum absolute atomic E-state index is 0.244. The van der Waals surface area contributed by atoms with Gasteiger partial charge in [0.05, 0.1) is 0 Å². The molecule has 0 unspecified atom stereocenters. The van der Waals surface area contributed by atoms with Crippen LogP contribution in [0.25, 0.3) is 5.57 Å². The van der Waals surface area contributed by atoms with Gasteiger partial charge >= 0.3 is 0 Å². The fourth-order valence-corrected chi connectivity index (χ4v) is 1.28. The molecule has 0 saturated heterocycles. The summed E-state index contributed by atoms with van der Waals surface area (Å²) in [6.45, 7) is 5.87. The number of aromatic hydroxyl groups is 1. The van der Waals surface area contributed by atoms with E-state index < -0.39 is 0 Å². The lowest BCUT2D eigenvalue weighted by Gasteiger charge is -2.05. The van der Waals surface area contributed by atoms with Crippen molar-refractivity contribution in [3.05, 3.63) is 35.5 Å². The van der Waals surface area contributed by atoms with Crippen LogP contribution in [0.5, 0.6) is 5.75 Å². The first-order valence-electron chi connectivity index (χ1n) is 5.29. The van der Waals surface area contributed by atoms with Gasteiger partial charge in [-0.3, -0.25) is 4.99 Å². The van der Waals surface area contributed by atoms with E-state index in [0.717, 1.165) is 16.7 Å². The van der Waals surface area contributed by atoms with Crippen molar-refractivity contribution < 1.29 is 5.11 Å². The molecule has 0 radical (unpaired) electrons. The molecule has 3 heteroatoms. The molecule has 3 nitrogen and oxygen atoms in total. The Balaban J connectivity index is 3.01. The summed E-state index contributed by atoms with van der Waals surface area (Å²) in [6, 6.07) is 5.62. The molecule has 0 heterocycles. The fraction of sp³-hybridized carbons (Fsp3) is 0.308. The average Bonchev–Trinajstić information content (AvgIpc) is 2.23. The first-order chi connectivity index (χ1) is 7.54. The molecule has 0 spiro atoms. The summed E-state index contributed by atoms with van der Waals surface area (Å²) in [4.78, 5) is 4.29. The maximum atomic E-state index is 9.43. The van der Waals surface area contributed by atoms with E-state index in [1.807, 2.05) is 32.9 Å². The molecule has 0 atom stereocenters. The number of aliphatic imine (C=N–C) groups is 1. The number of rotatable bonds is 3. The molecule has 1 aromatic carbocycles. The first kappa shape index (κ1) is 12.3. The predicted molar refractivity (Wildman–Crippen MR) is 68.6 cm³/mol. The van der Waals surface area contributed by atoms with E-state index in [9.17, 15) is 5.11 Å². The molecule has 86 valence electrons. The van der Waals surface area contributed by atoms with Gasteiger partial charge in [0.2, 0.25) is 0 Å². The lowest BCUT2D eigenvalue weighted by molar-refractivity contribution is 0.471. The van der Waals surface area contributed by atoms with E-state index in [-0.39, 0.29) is 6.04 Å². The number of nitrogens with two attached hydrogens (primary N) is 1. The van der Waals surface area contributed by atoms with Gasteiger partial charge in [-0.2, -0.15) is 0 Å². The van der Waals surface area contributed by atoms with E-state index in [0.29, 0.717) is 5.75 Å². The van der Waals surface area contributed by atoms with Crippen molar-refractivity contribution in [3.63, 3.8) is 0 Å². The molecular weight excluding hydrogens is 200 g/mol. The summed E-state index contributed by atoms with van der Waals surface area (Å²) < 4.78 is 0. The van der Waals surface area contributed by atoms with Crippen LogP contribution in [-0.4, -0.2) is 17.4 Å². The Morgan fingerprint density at radius 1 is 1.44 bits per heavy atom. The number of hydrogen-bond acceptors (Lipinski definition) is 3. The van der Waals surface area contributed by atoms with Crippen molar-refractivity contribution in [2.24, 2.45) is 10.7 Å². The molecule has 0 fully saturated rings. The van der Waals surface area contributed by atoms with E-state index in [4.69, 9.17) is 5.73 Å². The molecule has 0 aliphatic heterocycles. The van der Waals surface area contributed by atoms with Gasteiger partial charge in [-0.1, -0.05) is 6.07 Å². The van der Waals surface area contributed by atoms with Crippen molar-refractivity contribution in [2.45, 2.75) is 26.8 Å². The number of phenolic OH excluding ortho intramolecular Hbond substituents is 1. The molecule has 0 aliphatic carbocycles. The molecule has 1 aromatic rings. The Morgan fingerprint density at radius 2 is 2.12 bits per heavy atom. The topological polar surface area (TPSA) is 58.6 Å². The normalized spacial score (nSPS) is 12.6. The maximum absolute atomic E-state index is 9.43. The van der Waals surface area contributed by atoms with Crippen LogP contribution in [0.2, 0.25) is 0 Å². The van der Waals surface area contributed by atoms with Crippen molar-refractivity contribution in [1.82, 2.24) is 0 Å². The molecule has 0 aliphatic rings. The highest BCUT2D eigenvalue weighted by Gasteiger charge is 2.01. The zero-order valence-electron chi connectivity index (χ0n) is 9.94. The summed E-state index contributed by atoms with van der Waals surface area (Å²) in [7, 11) is 0. The molecule has 0 saturated carbocycles.